The monoisotopic (exact) mass is 725 g/mol. The highest BCUT2D eigenvalue weighted by atomic mass is 35.5. The highest BCUT2D eigenvalue weighted by Gasteiger charge is 2.22. The second-order valence-corrected chi connectivity index (χ2v) is 15.1. The Morgan fingerprint density at radius 3 is 1.87 bits per heavy atom. The average Bonchev–Trinajstić information content (AvgIpc) is 3.69. The number of rotatable bonds is 22. The number of allylic oxidation sites excluding steroid dienone is 5. The zero-order valence-electron chi connectivity index (χ0n) is 29.6. The normalized spacial score (nSPS) is 14.3. The Morgan fingerprint density at radius 1 is 0.696 bits per heavy atom. The Labute approximate surface area is 307 Å². The van der Waals surface area contributed by atoms with Crippen molar-refractivity contribution in [1.29, 1.82) is 0 Å². The molecular weight excluding hydrogens is 666 g/mol. The first-order valence-electron chi connectivity index (χ1n) is 17.7. The number of aryl methyl sites for hydroxylation is 2. The fourth-order valence-electron chi connectivity index (χ4n) is 5.80. The summed E-state index contributed by atoms with van der Waals surface area (Å²) in [4.78, 5) is 2.53. The molecule has 0 aromatic carbocycles. The highest BCUT2D eigenvalue weighted by molar-refractivity contribution is 8.06. The van der Waals surface area contributed by atoms with Crippen molar-refractivity contribution in [3.63, 3.8) is 0 Å². The predicted octanol–water partition coefficient (Wildman–Crippen LogP) is 5.77. The maximum Gasteiger partial charge on any atom is 0.269 e. The summed E-state index contributed by atoms with van der Waals surface area (Å²) in [7, 11) is 0. The first-order valence-corrected chi connectivity index (χ1v) is 20.3. The molecule has 0 aliphatic carbocycles. The van der Waals surface area contributed by atoms with Gasteiger partial charge in [0.25, 0.3) is 10.0 Å². The molecule has 1 aliphatic heterocycles. The van der Waals surface area contributed by atoms with Crippen LogP contribution >= 0.6 is 34.4 Å². The van der Waals surface area contributed by atoms with Gasteiger partial charge in [0.15, 0.2) is 11.4 Å². The second-order valence-electron chi connectivity index (χ2n) is 12.4. The summed E-state index contributed by atoms with van der Waals surface area (Å²) < 4.78 is 5.11. The van der Waals surface area contributed by atoms with E-state index in [2.05, 4.69) is 96.0 Å². The lowest BCUT2D eigenvalue weighted by molar-refractivity contribution is -0.700. The lowest BCUT2D eigenvalue weighted by atomic mass is 10.1. The van der Waals surface area contributed by atoms with Crippen molar-refractivity contribution in [2.24, 2.45) is 0 Å². The number of hydrogen-bond donors (Lipinski definition) is 0. The van der Waals surface area contributed by atoms with Gasteiger partial charge in [-0.2, -0.15) is 9.13 Å². The van der Waals surface area contributed by atoms with Gasteiger partial charge in [-0.05, 0) is 49.8 Å². The van der Waals surface area contributed by atoms with Gasteiger partial charge in [-0.25, -0.2) is 0 Å². The SMILES string of the molecule is CCCCCCCN1C(C)=CS/C1=C\C=C(/C=Cc1scc(C)[n+]1CCCCCCC)c1scc(C)[n+]1CCCCCCC.[Cl-].[Cl-]. The molecule has 0 amide bonds. The van der Waals surface area contributed by atoms with Crippen molar-refractivity contribution in [3.05, 3.63) is 66.5 Å². The molecule has 0 bridgehead atoms. The molecule has 3 nitrogen and oxygen atoms in total. The Kier molecular flexibility index (Phi) is 23.4. The number of thiazole rings is 2. The highest BCUT2D eigenvalue weighted by Crippen LogP contribution is 2.35. The van der Waals surface area contributed by atoms with Crippen LogP contribution in [0.3, 0.4) is 0 Å². The van der Waals surface area contributed by atoms with Crippen LogP contribution in [0, 0.1) is 13.8 Å². The van der Waals surface area contributed by atoms with Gasteiger partial charge in [-0.1, -0.05) is 119 Å². The first-order chi connectivity index (χ1) is 21.5. The lowest BCUT2D eigenvalue weighted by Gasteiger charge is -2.21. The van der Waals surface area contributed by atoms with Crippen molar-refractivity contribution in [1.82, 2.24) is 4.90 Å². The lowest BCUT2D eigenvalue weighted by Crippen LogP contribution is -3.00. The third kappa shape index (κ3) is 14.2. The Bertz CT molecular complexity index is 1240. The molecule has 0 unspecified atom stereocenters. The van der Waals surface area contributed by atoms with Gasteiger partial charge in [-0.15, -0.1) is 0 Å². The van der Waals surface area contributed by atoms with E-state index in [1.165, 1.54) is 134 Å². The second kappa shape index (κ2) is 25.0. The molecular formula is C38H61Cl2N3S3. The third-order valence-electron chi connectivity index (χ3n) is 8.61. The fourth-order valence-corrected chi connectivity index (χ4v) is 8.70. The predicted molar refractivity (Wildman–Crippen MR) is 198 cm³/mol. The maximum absolute atomic E-state index is 2.57. The Morgan fingerprint density at radius 2 is 1.24 bits per heavy atom. The van der Waals surface area contributed by atoms with Gasteiger partial charge >= 0.3 is 0 Å². The molecule has 46 heavy (non-hydrogen) atoms. The van der Waals surface area contributed by atoms with Crippen LogP contribution in [0.15, 0.2) is 45.1 Å². The van der Waals surface area contributed by atoms with Gasteiger partial charge in [0.05, 0.1) is 21.4 Å². The van der Waals surface area contributed by atoms with E-state index in [9.17, 15) is 0 Å². The van der Waals surface area contributed by atoms with E-state index in [0.29, 0.717) is 0 Å². The molecule has 3 heterocycles. The van der Waals surface area contributed by atoms with E-state index in [1.807, 2.05) is 34.4 Å². The van der Waals surface area contributed by atoms with E-state index < -0.39 is 0 Å². The summed E-state index contributed by atoms with van der Waals surface area (Å²) in [5.41, 5.74) is 5.46. The number of unbranched alkanes of at least 4 members (excludes halogenated alkanes) is 12. The number of nitrogens with zero attached hydrogens (tertiary/aromatic N) is 3. The summed E-state index contributed by atoms with van der Waals surface area (Å²) in [6, 6.07) is 0. The molecule has 0 N–H and O–H groups in total. The van der Waals surface area contributed by atoms with Gasteiger partial charge in [0, 0.05) is 45.0 Å². The third-order valence-corrected chi connectivity index (χ3v) is 11.9. The van der Waals surface area contributed by atoms with Crippen LogP contribution in [0.4, 0.5) is 0 Å². The molecule has 8 heteroatoms. The van der Waals surface area contributed by atoms with Crippen molar-refractivity contribution < 1.29 is 33.9 Å². The van der Waals surface area contributed by atoms with Crippen molar-refractivity contribution in [2.45, 2.75) is 151 Å². The summed E-state index contributed by atoms with van der Waals surface area (Å²) in [6.07, 6.45) is 29.3. The van der Waals surface area contributed by atoms with Crippen molar-refractivity contribution >= 4 is 46.1 Å². The number of aromatic nitrogens is 2. The van der Waals surface area contributed by atoms with Crippen LogP contribution in [-0.4, -0.2) is 11.4 Å². The van der Waals surface area contributed by atoms with E-state index in [1.54, 1.807) is 0 Å². The van der Waals surface area contributed by atoms with Gasteiger partial charge in [0.1, 0.15) is 13.1 Å². The van der Waals surface area contributed by atoms with Crippen molar-refractivity contribution in [2.75, 3.05) is 6.54 Å². The molecule has 3 rings (SSSR count). The Hall–Kier alpha value is -1.05. The zero-order valence-corrected chi connectivity index (χ0v) is 33.6. The minimum absolute atomic E-state index is 0. The van der Waals surface area contributed by atoms with Gasteiger partial charge in [0.2, 0.25) is 0 Å². The maximum atomic E-state index is 2.57. The summed E-state index contributed by atoms with van der Waals surface area (Å²) in [6.45, 7) is 17.0. The summed E-state index contributed by atoms with van der Waals surface area (Å²) in [5.74, 6) is 0. The quantitative estimate of drug-likeness (QED) is 0.0868. The smallest absolute Gasteiger partial charge is 0.269 e. The van der Waals surface area contributed by atoms with Crippen LogP contribution in [0.25, 0.3) is 11.6 Å². The van der Waals surface area contributed by atoms with E-state index in [-0.39, 0.29) is 24.8 Å². The summed E-state index contributed by atoms with van der Waals surface area (Å²) >= 11 is 5.66. The van der Waals surface area contributed by atoms with E-state index >= 15 is 0 Å². The van der Waals surface area contributed by atoms with Crippen LogP contribution in [0.2, 0.25) is 0 Å². The minimum atomic E-state index is 0. The topological polar surface area (TPSA) is 11.0 Å². The standard InChI is InChI=1S/C38H61N3S3.2ClH/c1-7-10-13-16-19-26-39-32(4)29-42-36(39)24-22-35(38-41(34(6)31-44-38)28-21-18-15-12-9-3)23-25-37-40(33(5)30-43-37)27-20-17-14-11-8-2;;/h22-25,29-31H,7-21,26-28H2,1-6H3;2*1H/q+2;;/p-2. The molecule has 0 fully saturated rings. The van der Waals surface area contributed by atoms with Crippen LogP contribution in [0.1, 0.15) is 145 Å². The molecule has 0 saturated carbocycles. The zero-order chi connectivity index (χ0) is 31.6. The molecule has 0 saturated heterocycles. The molecule has 1 aliphatic rings. The number of thioether (sulfide) groups is 1. The first kappa shape index (κ1) is 43.0. The molecule has 260 valence electrons. The molecule has 0 spiro atoms. The molecule has 0 radical (unpaired) electrons. The van der Waals surface area contributed by atoms with Crippen LogP contribution in [0.5, 0.6) is 0 Å². The molecule has 2 aromatic rings. The van der Waals surface area contributed by atoms with Crippen LogP contribution in [-0.2, 0) is 13.1 Å². The van der Waals surface area contributed by atoms with Gasteiger partial charge in [-0.3, -0.25) is 0 Å². The van der Waals surface area contributed by atoms with Gasteiger partial charge < -0.3 is 29.7 Å². The fraction of sp³-hybridized carbons (Fsp3) is 0.632. The minimum Gasteiger partial charge on any atom is -1.00 e. The average molecular weight is 727 g/mol. The van der Waals surface area contributed by atoms with Crippen LogP contribution < -0.4 is 33.9 Å². The number of hydrogen-bond acceptors (Lipinski definition) is 4. The van der Waals surface area contributed by atoms with E-state index in [0.717, 1.165) is 19.6 Å². The van der Waals surface area contributed by atoms with Crippen molar-refractivity contribution in [3.8, 4) is 0 Å². The van der Waals surface area contributed by atoms with E-state index in [4.69, 9.17) is 0 Å². The Balaban J connectivity index is 0.00000529. The summed E-state index contributed by atoms with van der Waals surface area (Å²) in [5, 5.41) is 11.1. The molecule has 2 aromatic heterocycles. The molecule has 0 atom stereocenters. The largest absolute Gasteiger partial charge is 1.00 e. The number of halogens is 2.